The fourth-order valence-corrected chi connectivity index (χ4v) is 4.43. The van der Waals surface area contributed by atoms with E-state index in [1.165, 1.54) is 12.8 Å². The molecule has 1 fully saturated rings. The molecule has 3 heterocycles. The van der Waals surface area contributed by atoms with Gasteiger partial charge in [-0.25, -0.2) is 14.6 Å². The number of benzene rings is 1. The number of aromatic nitrogens is 4. The van der Waals surface area contributed by atoms with Crippen molar-refractivity contribution in [2.45, 2.75) is 53.4 Å². The number of rotatable bonds is 10. The quantitative estimate of drug-likeness (QED) is 0.466. The highest BCUT2D eigenvalue weighted by molar-refractivity contribution is 5.92. The fraction of sp³-hybridized carbons (Fsp3) is 0.462. The monoisotopic (exact) mass is 478 g/mol. The molecule has 2 aromatic heterocycles. The molecule has 0 spiro atoms. The Balaban J connectivity index is 1.46. The standard InChI is InChI=1S/C26H34N6O3/c1-5-34-20-9-11-23(35-6-2)22(15-20)29-26(33)12-10-21-18(3)30-32(19(21)4)25-16-24(27-17-28-25)31-13-7-8-14-31/h9,11,15-17H,5-8,10,12-14H2,1-4H3,(H,29,33). The molecule has 1 aliphatic rings. The molecule has 9 heteroatoms. The first-order valence-corrected chi connectivity index (χ1v) is 12.3. The zero-order valence-electron chi connectivity index (χ0n) is 21.0. The summed E-state index contributed by atoms with van der Waals surface area (Å²) in [5.74, 6) is 2.90. The van der Waals surface area contributed by atoms with Crippen LogP contribution < -0.4 is 19.7 Å². The molecule has 0 aliphatic carbocycles. The maximum atomic E-state index is 12.8. The predicted molar refractivity (Wildman–Crippen MR) is 136 cm³/mol. The first-order chi connectivity index (χ1) is 17.0. The third-order valence-electron chi connectivity index (χ3n) is 6.16. The molecule has 1 N–H and O–H groups in total. The summed E-state index contributed by atoms with van der Waals surface area (Å²) in [6, 6.07) is 7.45. The molecule has 0 saturated carbocycles. The van der Waals surface area contributed by atoms with Crippen molar-refractivity contribution in [1.29, 1.82) is 0 Å². The van der Waals surface area contributed by atoms with Gasteiger partial charge < -0.3 is 19.7 Å². The lowest BCUT2D eigenvalue weighted by atomic mass is 10.1. The first kappa shape index (κ1) is 24.5. The van der Waals surface area contributed by atoms with Crippen LogP contribution in [-0.4, -0.2) is 52.0 Å². The molecule has 3 aromatic rings. The summed E-state index contributed by atoms with van der Waals surface area (Å²) < 4.78 is 13.1. The Morgan fingerprint density at radius 1 is 1.03 bits per heavy atom. The van der Waals surface area contributed by atoms with E-state index in [1.54, 1.807) is 12.4 Å². The van der Waals surface area contributed by atoms with Gasteiger partial charge in [0.2, 0.25) is 5.91 Å². The van der Waals surface area contributed by atoms with Crippen molar-refractivity contribution in [2.75, 3.05) is 36.5 Å². The van der Waals surface area contributed by atoms with Crippen molar-refractivity contribution in [2.24, 2.45) is 0 Å². The van der Waals surface area contributed by atoms with Gasteiger partial charge in [-0.15, -0.1) is 0 Å². The Bertz CT molecular complexity index is 1170. The van der Waals surface area contributed by atoms with Crippen LogP contribution in [0.1, 0.15) is 50.1 Å². The average molecular weight is 479 g/mol. The number of anilines is 2. The third kappa shape index (κ3) is 5.72. The minimum Gasteiger partial charge on any atom is -0.494 e. The summed E-state index contributed by atoms with van der Waals surface area (Å²) in [6.45, 7) is 10.9. The fourth-order valence-electron chi connectivity index (χ4n) is 4.43. The van der Waals surface area contributed by atoms with E-state index in [9.17, 15) is 4.79 Å². The molecule has 0 atom stereocenters. The summed E-state index contributed by atoms with van der Waals surface area (Å²) in [6.07, 6.45) is 4.86. The first-order valence-electron chi connectivity index (χ1n) is 12.3. The van der Waals surface area contributed by atoms with E-state index in [2.05, 4.69) is 20.2 Å². The summed E-state index contributed by atoms with van der Waals surface area (Å²) in [5.41, 5.74) is 3.54. The molecular weight excluding hydrogens is 444 g/mol. The highest BCUT2D eigenvalue weighted by atomic mass is 16.5. The third-order valence-corrected chi connectivity index (χ3v) is 6.16. The maximum Gasteiger partial charge on any atom is 0.224 e. The van der Waals surface area contributed by atoms with Crippen LogP contribution in [-0.2, 0) is 11.2 Å². The van der Waals surface area contributed by atoms with Gasteiger partial charge in [0, 0.05) is 37.3 Å². The largest absolute Gasteiger partial charge is 0.494 e. The van der Waals surface area contributed by atoms with Gasteiger partial charge in [0.15, 0.2) is 5.82 Å². The van der Waals surface area contributed by atoms with E-state index < -0.39 is 0 Å². The highest BCUT2D eigenvalue weighted by Crippen LogP contribution is 2.30. The number of nitrogens with zero attached hydrogens (tertiary/aromatic N) is 5. The maximum absolute atomic E-state index is 12.8. The van der Waals surface area contributed by atoms with Gasteiger partial charge >= 0.3 is 0 Å². The average Bonchev–Trinajstić information content (AvgIpc) is 3.48. The van der Waals surface area contributed by atoms with Crippen LogP contribution in [0.4, 0.5) is 11.5 Å². The Kier molecular flexibility index (Phi) is 7.84. The van der Waals surface area contributed by atoms with Gasteiger partial charge in [0.05, 0.1) is 24.6 Å². The SMILES string of the molecule is CCOc1ccc(OCC)c(NC(=O)CCc2c(C)nn(-c3cc(N4CCCC4)ncn3)c2C)c1. The van der Waals surface area contributed by atoms with Crippen LogP contribution in [0.5, 0.6) is 11.5 Å². The lowest BCUT2D eigenvalue weighted by Crippen LogP contribution is -2.19. The summed E-state index contributed by atoms with van der Waals surface area (Å²) in [5, 5.41) is 7.70. The van der Waals surface area contributed by atoms with Crippen molar-refractivity contribution in [1.82, 2.24) is 19.7 Å². The van der Waals surface area contributed by atoms with Crippen molar-refractivity contribution < 1.29 is 14.3 Å². The molecule has 0 unspecified atom stereocenters. The second-order valence-electron chi connectivity index (χ2n) is 8.56. The van der Waals surface area contributed by atoms with Crippen molar-refractivity contribution >= 4 is 17.4 Å². The lowest BCUT2D eigenvalue weighted by Gasteiger charge is -2.16. The molecule has 1 saturated heterocycles. The zero-order valence-corrected chi connectivity index (χ0v) is 21.0. The minimum absolute atomic E-state index is 0.0930. The Hall–Kier alpha value is -3.62. The van der Waals surface area contributed by atoms with Gasteiger partial charge in [-0.3, -0.25) is 4.79 Å². The van der Waals surface area contributed by atoms with Crippen LogP contribution in [0, 0.1) is 13.8 Å². The van der Waals surface area contributed by atoms with Gasteiger partial charge in [-0.1, -0.05) is 0 Å². The Morgan fingerprint density at radius 2 is 1.77 bits per heavy atom. The molecule has 1 aliphatic heterocycles. The van der Waals surface area contributed by atoms with Crippen molar-refractivity contribution in [3.63, 3.8) is 0 Å². The van der Waals surface area contributed by atoms with Crippen LogP contribution in [0.15, 0.2) is 30.6 Å². The lowest BCUT2D eigenvalue weighted by molar-refractivity contribution is -0.116. The van der Waals surface area contributed by atoms with E-state index in [0.29, 0.717) is 43.2 Å². The normalized spacial score (nSPS) is 13.2. The number of carbonyl (C=O) groups is 1. The summed E-state index contributed by atoms with van der Waals surface area (Å²) in [7, 11) is 0. The van der Waals surface area contributed by atoms with Crippen LogP contribution in [0.3, 0.4) is 0 Å². The second-order valence-corrected chi connectivity index (χ2v) is 8.56. The number of hydrogen-bond donors (Lipinski definition) is 1. The number of aryl methyl sites for hydroxylation is 1. The number of nitrogens with one attached hydrogen (secondary N) is 1. The van der Waals surface area contributed by atoms with E-state index >= 15 is 0 Å². The van der Waals surface area contributed by atoms with Gasteiger partial charge in [-0.05, 0) is 64.7 Å². The molecule has 35 heavy (non-hydrogen) atoms. The van der Waals surface area contributed by atoms with E-state index in [1.807, 2.05) is 50.6 Å². The van der Waals surface area contributed by atoms with Gasteiger partial charge in [0.1, 0.15) is 23.6 Å². The van der Waals surface area contributed by atoms with E-state index in [0.717, 1.165) is 41.7 Å². The topological polar surface area (TPSA) is 94.4 Å². The van der Waals surface area contributed by atoms with Crippen LogP contribution in [0.2, 0.25) is 0 Å². The van der Waals surface area contributed by atoms with Gasteiger partial charge in [0.25, 0.3) is 0 Å². The van der Waals surface area contributed by atoms with E-state index in [4.69, 9.17) is 14.6 Å². The molecule has 186 valence electrons. The minimum atomic E-state index is -0.0930. The summed E-state index contributed by atoms with van der Waals surface area (Å²) >= 11 is 0. The van der Waals surface area contributed by atoms with Gasteiger partial charge in [-0.2, -0.15) is 5.10 Å². The second kappa shape index (κ2) is 11.2. The Morgan fingerprint density at radius 3 is 2.51 bits per heavy atom. The molecule has 1 aromatic carbocycles. The summed E-state index contributed by atoms with van der Waals surface area (Å²) in [4.78, 5) is 24.0. The molecule has 0 radical (unpaired) electrons. The van der Waals surface area contributed by atoms with Crippen molar-refractivity contribution in [3.05, 3.63) is 47.5 Å². The molecule has 1 amide bonds. The molecular formula is C26H34N6O3. The molecule has 0 bridgehead atoms. The van der Waals surface area contributed by atoms with Crippen molar-refractivity contribution in [3.8, 4) is 17.3 Å². The number of hydrogen-bond acceptors (Lipinski definition) is 7. The molecule has 4 rings (SSSR count). The Labute approximate surface area is 206 Å². The highest BCUT2D eigenvalue weighted by Gasteiger charge is 2.18. The molecule has 9 nitrogen and oxygen atoms in total. The number of carbonyl (C=O) groups excluding carboxylic acids is 1. The number of amides is 1. The van der Waals surface area contributed by atoms with E-state index in [-0.39, 0.29) is 5.91 Å². The van der Waals surface area contributed by atoms with Crippen LogP contribution >= 0.6 is 0 Å². The predicted octanol–water partition coefficient (Wildman–Crippen LogP) is 4.25. The zero-order chi connectivity index (χ0) is 24.8. The smallest absolute Gasteiger partial charge is 0.224 e. The number of ether oxygens (including phenoxy) is 2. The van der Waals surface area contributed by atoms with Crippen LogP contribution in [0.25, 0.3) is 5.82 Å².